The van der Waals surface area contributed by atoms with Gasteiger partial charge in [0.1, 0.15) is 0 Å². The molecular weight excluding hydrogens is 196 g/mol. The maximum absolute atomic E-state index is 2.35. The molecule has 0 aliphatic heterocycles. The molecule has 0 bridgehead atoms. The van der Waals surface area contributed by atoms with Gasteiger partial charge >= 0.3 is 0 Å². The lowest BCUT2D eigenvalue weighted by molar-refractivity contribution is 0.765. The summed E-state index contributed by atoms with van der Waals surface area (Å²) in [6.07, 6.45) is 2.50. The molecule has 0 atom stereocenters. The van der Waals surface area contributed by atoms with Gasteiger partial charge in [0.05, 0.1) is 11.4 Å². The molecule has 0 spiro atoms. The van der Waals surface area contributed by atoms with Crippen LogP contribution in [0.4, 0.5) is 11.4 Å². The van der Waals surface area contributed by atoms with Crippen LogP contribution in [0.15, 0.2) is 24.3 Å². The van der Waals surface area contributed by atoms with E-state index in [-0.39, 0.29) is 0 Å². The minimum atomic E-state index is 1.04. The zero-order chi connectivity index (χ0) is 12.0. The molecule has 0 aliphatic carbocycles. The number of benzene rings is 1. The highest BCUT2D eigenvalue weighted by Crippen LogP contribution is 2.27. The van der Waals surface area contributed by atoms with Crippen LogP contribution in [0, 0.1) is 0 Å². The quantitative estimate of drug-likeness (QED) is 0.725. The number of para-hydroxylation sites is 2. The number of rotatable bonds is 6. The van der Waals surface area contributed by atoms with Crippen LogP contribution in [0.5, 0.6) is 0 Å². The summed E-state index contributed by atoms with van der Waals surface area (Å²) in [5.74, 6) is 0. The van der Waals surface area contributed by atoms with Gasteiger partial charge in [0, 0.05) is 27.2 Å². The van der Waals surface area contributed by atoms with Gasteiger partial charge in [-0.1, -0.05) is 25.5 Å². The Morgan fingerprint density at radius 1 is 0.938 bits per heavy atom. The third-order valence-corrected chi connectivity index (χ3v) is 3.03. The molecule has 2 nitrogen and oxygen atoms in total. The zero-order valence-electron chi connectivity index (χ0n) is 11.0. The number of anilines is 2. The molecule has 16 heavy (non-hydrogen) atoms. The van der Waals surface area contributed by atoms with Gasteiger partial charge in [-0.15, -0.1) is 0 Å². The van der Waals surface area contributed by atoms with Crippen molar-refractivity contribution in [3.63, 3.8) is 0 Å². The van der Waals surface area contributed by atoms with Gasteiger partial charge in [0.25, 0.3) is 0 Å². The first-order valence-corrected chi connectivity index (χ1v) is 6.22. The fourth-order valence-electron chi connectivity index (χ4n) is 1.80. The van der Waals surface area contributed by atoms with Crippen molar-refractivity contribution in [1.82, 2.24) is 0 Å². The van der Waals surface area contributed by atoms with Gasteiger partial charge in [0.2, 0.25) is 0 Å². The second kappa shape index (κ2) is 6.41. The summed E-state index contributed by atoms with van der Waals surface area (Å²) >= 11 is 0. The molecule has 0 unspecified atom stereocenters. The first kappa shape index (κ1) is 12.9. The van der Waals surface area contributed by atoms with Crippen LogP contribution < -0.4 is 9.80 Å². The highest BCUT2D eigenvalue weighted by atomic mass is 15.2. The molecular formula is C14H24N2. The number of hydrogen-bond acceptors (Lipinski definition) is 2. The lowest BCUT2D eigenvalue weighted by atomic mass is 10.2. The number of unbranched alkanes of at least 4 members (excludes halogenated alkanes) is 1. The predicted molar refractivity (Wildman–Crippen MR) is 73.6 cm³/mol. The highest BCUT2D eigenvalue weighted by Gasteiger charge is 2.08. The minimum absolute atomic E-state index is 1.04. The molecule has 0 saturated heterocycles. The predicted octanol–water partition coefficient (Wildman–Crippen LogP) is 3.38. The summed E-state index contributed by atoms with van der Waals surface area (Å²) in [6, 6.07) is 8.63. The van der Waals surface area contributed by atoms with Crippen molar-refractivity contribution < 1.29 is 0 Å². The van der Waals surface area contributed by atoms with Gasteiger partial charge < -0.3 is 9.80 Å². The van der Waals surface area contributed by atoms with Crippen LogP contribution >= 0.6 is 0 Å². The fraction of sp³-hybridized carbons (Fsp3) is 0.571. The maximum atomic E-state index is 2.35. The average molecular weight is 220 g/mol. The minimum Gasteiger partial charge on any atom is -0.373 e. The monoisotopic (exact) mass is 220 g/mol. The Balaban J connectivity index is 2.85. The second-order valence-corrected chi connectivity index (χ2v) is 4.28. The van der Waals surface area contributed by atoms with Crippen LogP contribution in [0.3, 0.4) is 0 Å². The first-order valence-electron chi connectivity index (χ1n) is 6.22. The van der Waals surface area contributed by atoms with E-state index >= 15 is 0 Å². The summed E-state index contributed by atoms with van der Waals surface area (Å²) in [7, 11) is 4.32. The van der Waals surface area contributed by atoms with E-state index in [1.165, 1.54) is 24.2 Å². The summed E-state index contributed by atoms with van der Waals surface area (Å²) in [5.41, 5.74) is 2.66. The molecule has 0 radical (unpaired) electrons. The molecule has 1 aromatic rings. The fourth-order valence-corrected chi connectivity index (χ4v) is 1.80. The van der Waals surface area contributed by atoms with Crippen molar-refractivity contribution in [3.05, 3.63) is 24.3 Å². The van der Waals surface area contributed by atoms with E-state index in [2.05, 4.69) is 62.0 Å². The Morgan fingerprint density at radius 2 is 1.50 bits per heavy atom. The van der Waals surface area contributed by atoms with Crippen molar-refractivity contribution in [2.45, 2.75) is 26.7 Å². The smallest absolute Gasteiger partial charge is 0.0601 e. The summed E-state index contributed by atoms with van der Waals surface area (Å²) in [4.78, 5) is 4.64. The third kappa shape index (κ3) is 3.16. The first-order chi connectivity index (χ1) is 7.70. The Hall–Kier alpha value is -1.18. The van der Waals surface area contributed by atoms with E-state index in [9.17, 15) is 0 Å². The zero-order valence-corrected chi connectivity index (χ0v) is 11.0. The Labute approximate surface area is 99.9 Å². The summed E-state index contributed by atoms with van der Waals surface area (Å²) in [6.45, 7) is 6.59. The molecule has 1 aromatic carbocycles. The molecule has 0 heterocycles. The summed E-state index contributed by atoms with van der Waals surface area (Å²) < 4.78 is 0. The van der Waals surface area contributed by atoms with Gasteiger partial charge in [-0.3, -0.25) is 0 Å². The molecule has 90 valence electrons. The van der Waals surface area contributed by atoms with Crippen molar-refractivity contribution in [3.8, 4) is 0 Å². The molecule has 0 saturated carbocycles. The second-order valence-electron chi connectivity index (χ2n) is 4.28. The normalized spacial score (nSPS) is 10.2. The van der Waals surface area contributed by atoms with E-state index in [0.29, 0.717) is 0 Å². The van der Waals surface area contributed by atoms with E-state index < -0.39 is 0 Å². The van der Waals surface area contributed by atoms with Gasteiger partial charge in [0.15, 0.2) is 0 Å². The van der Waals surface area contributed by atoms with Crippen LogP contribution in [-0.4, -0.2) is 27.2 Å². The molecule has 0 fully saturated rings. The number of nitrogens with zero attached hydrogens (tertiary/aromatic N) is 2. The largest absolute Gasteiger partial charge is 0.373 e. The van der Waals surface area contributed by atoms with Crippen molar-refractivity contribution in [2.24, 2.45) is 0 Å². The van der Waals surface area contributed by atoms with E-state index in [1.54, 1.807) is 0 Å². The molecule has 0 amide bonds. The summed E-state index contributed by atoms with van der Waals surface area (Å²) in [5, 5.41) is 0. The SMILES string of the molecule is CCCCN(C)c1ccccc1N(C)CC. The average Bonchev–Trinajstić information content (AvgIpc) is 2.35. The van der Waals surface area contributed by atoms with Crippen LogP contribution in [0.25, 0.3) is 0 Å². The maximum Gasteiger partial charge on any atom is 0.0601 e. The van der Waals surface area contributed by atoms with Gasteiger partial charge in [-0.05, 0) is 25.5 Å². The Bertz CT molecular complexity index is 309. The van der Waals surface area contributed by atoms with Crippen molar-refractivity contribution in [1.29, 1.82) is 0 Å². The molecule has 0 aromatic heterocycles. The number of hydrogen-bond donors (Lipinski definition) is 0. The standard InChI is InChI=1S/C14H24N2/c1-5-7-12-16(4)14-11-9-8-10-13(14)15(3)6-2/h8-11H,5-7,12H2,1-4H3. The molecule has 1 rings (SSSR count). The topological polar surface area (TPSA) is 6.48 Å². The van der Waals surface area contributed by atoms with E-state index in [4.69, 9.17) is 0 Å². The Morgan fingerprint density at radius 3 is 2.00 bits per heavy atom. The third-order valence-electron chi connectivity index (χ3n) is 3.03. The molecule has 0 N–H and O–H groups in total. The van der Waals surface area contributed by atoms with E-state index in [1.807, 2.05) is 0 Å². The van der Waals surface area contributed by atoms with Crippen molar-refractivity contribution in [2.75, 3.05) is 37.0 Å². The van der Waals surface area contributed by atoms with Crippen molar-refractivity contribution >= 4 is 11.4 Å². The lowest BCUT2D eigenvalue weighted by Crippen LogP contribution is -2.23. The van der Waals surface area contributed by atoms with Gasteiger partial charge in [-0.25, -0.2) is 0 Å². The van der Waals surface area contributed by atoms with Crippen LogP contribution in [0.1, 0.15) is 26.7 Å². The van der Waals surface area contributed by atoms with Crippen LogP contribution in [-0.2, 0) is 0 Å². The molecule has 0 aliphatic rings. The highest BCUT2D eigenvalue weighted by molar-refractivity contribution is 5.70. The molecule has 2 heteroatoms. The van der Waals surface area contributed by atoms with Gasteiger partial charge in [-0.2, -0.15) is 0 Å². The lowest BCUT2D eigenvalue weighted by Gasteiger charge is -2.27. The van der Waals surface area contributed by atoms with E-state index in [0.717, 1.165) is 13.1 Å². The van der Waals surface area contributed by atoms with Crippen LogP contribution in [0.2, 0.25) is 0 Å². The Kier molecular flexibility index (Phi) is 5.17.